The molecule has 0 saturated heterocycles. The topological polar surface area (TPSA) is 67.2 Å². The van der Waals surface area contributed by atoms with E-state index in [0.717, 1.165) is 5.69 Å². The Kier molecular flexibility index (Phi) is 4.14. The molecule has 0 radical (unpaired) electrons. The Balaban J connectivity index is 2.00. The molecule has 0 saturated carbocycles. The first-order valence-corrected chi connectivity index (χ1v) is 6.20. The van der Waals surface area contributed by atoms with Crippen molar-refractivity contribution < 1.29 is 14.3 Å². The summed E-state index contributed by atoms with van der Waals surface area (Å²) in [6.45, 7) is 1.72. The second-order valence-corrected chi connectivity index (χ2v) is 4.54. The third kappa shape index (κ3) is 3.03. The van der Waals surface area contributed by atoms with Crippen LogP contribution in [0.1, 0.15) is 27.8 Å². The van der Waals surface area contributed by atoms with Crippen molar-refractivity contribution in [1.29, 1.82) is 0 Å². The van der Waals surface area contributed by atoms with Gasteiger partial charge in [-0.25, -0.2) is 4.39 Å². The molecule has 1 amide bonds. The van der Waals surface area contributed by atoms with Gasteiger partial charge in [-0.05, 0) is 19.1 Å². The molecule has 0 spiro atoms. The minimum Gasteiger partial charge on any atom is -0.386 e. The molecule has 0 bridgehead atoms. The van der Waals surface area contributed by atoms with Crippen molar-refractivity contribution in [2.24, 2.45) is 7.05 Å². The second kappa shape index (κ2) is 5.83. The molecule has 1 unspecified atom stereocenters. The van der Waals surface area contributed by atoms with Gasteiger partial charge < -0.3 is 10.4 Å². The third-order valence-electron chi connectivity index (χ3n) is 2.95. The van der Waals surface area contributed by atoms with Gasteiger partial charge in [0, 0.05) is 19.2 Å². The van der Waals surface area contributed by atoms with Crippen molar-refractivity contribution >= 4 is 5.91 Å². The summed E-state index contributed by atoms with van der Waals surface area (Å²) >= 11 is 0. The second-order valence-electron chi connectivity index (χ2n) is 4.54. The molecule has 106 valence electrons. The number of aliphatic hydroxyl groups is 1. The predicted octanol–water partition coefficient (Wildman–Crippen LogP) is 1.33. The van der Waals surface area contributed by atoms with Crippen molar-refractivity contribution in [1.82, 2.24) is 15.1 Å². The zero-order valence-corrected chi connectivity index (χ0v) is 11.3. The minimum atomic E-state index is -1.09. The number of carbonyl (C=O) groups is 1. The van der Waals surface area contributed by atoms with Crippen LogP contribution >= 0.6 is 0 Å². The number of aryl methyl sites for hydroxylation is 2. The molecule has 1 aromatic heterocycles. The number of nitrogens with one attached hydrogen (secondary N) is 1. The van der Waals surface area contributed by atoms with Gasteiger partial charge in [-0.3, -0.25) is 9.48 Å². The SMILES string of the molecule is Cc1cc(C(=O)NCC(O)c2ccccc2F)n(C)n1. The monoisotopic (exact) mass is 277 g/mol. The summed E-state index contributed by atoms with van der Waals surface area (Å²) in [6.07, 6.45) is -1.09. The summed E-state index contributed by atoms with van der Waals surface area (Å²) in [6, 6.07) is 7.58. The number of nitrogens with zero attached hydrogens (tertiary/aromatic N) is 2. The molecule has 20 heavy (non-hydrogen) atoms. The van der Waals surface area contributed by atoms with Crippen molar-refractivity contribution in [2.75, 3.05) is 6.54 Å². The molecule has 2 aromatic rings. The number of aromatic nitrogens is 2. The lowest BCUT2D eigenvalue weighted by molar-refractivity contribution is 0.0904. The Morgan fingerprint density at radius 1 is 1.50 bits per heavy atom. The standard InChI is InChI=1S/C14H16FN3O2/c1-9-7-12(18(2)17-9)14(20)16-8-13(19)10-5-3-4-6-11(10)15/h3-7,13,19H,8H2,1-2H3,(H,16,20). The van der Waals surface area contributed by atoms with E-state index in [2.05, 4.69) is 10.4 Å². The smallest absolute Gasteiger partial charge is 0.269 e. The van der Waals surface area contributed by atoms with E-state index in [1.165, 1.54) is 16.8 Å². The largest absolute Gasteiger partial charge is 0.386 e. The molecule has 1 heterocycles. The Labute approximate surface area is 116 Å². The lowest BCUT2D eigenvalue weighted by Gasteiger charge is -2.13. The summed E-state index contributed by atoms with van der Waals surface area (Å²) in [5.41, 5.74) is 1.28. The van der Waals surface area contributed by atoms with E-state index >= 15 is 0 Å². The van der Waals surface area contributed by atoms with Crippen LogP contribution in [0, 0.1) is 12.7 Å². The molecule has 1 atom stereocenters. The number of amides is 1. The average molecular weight is 277 g/mol. The van der Waals surface area contributed by atoms with E-state index in [1.807, 2.05) is 0 Å². The molecule has 6 heteroatoms. The van der Waals surface area contributed by atoms with Gasteiger partial charge in [-0.2, -0.15) is 5.10 Å². The van der Waals surface area contributed by atoms with Gasteiger partial charge in [0.15, 0.2) is 0 Å². The molecule has 2 N–H and O–H groups in total. The number of hydrogen-bond acceptors (Lipinski definition) is 3. The zero-order chi connectivity index (χ0) is 14.7. The lowest BCUT2D eigenvalue weighted by atomic mass is 10.1. The maximum absolute atomic E-state index is 13.5. The lowest BCUT2D eigenvalue weighted by Crippen LogP contribution is -2.30. The molecule has 0 aliphatic carbocycles. The Morgan fingerprint density at radius 3 is 2.80 bits per heavy atom. The molecule has 2 rings (SSSR count). The van der Waals surface area contributed by atoms with Crippen LogP contribution in [0.2, 0.25) is 0 Å². The number of rotatable bonds is 4. The van der Waals surface area contributed by atoms with Gasteiger partial charge >= 0.3 is 0 Å². The van der Waals surface area contributed by atoms with E-state index in [1.54, 1.807) is 32.2 Å². The molecule has 0 fully saturated rings. The fourth-order valence-electron chi connectivity index (χ4n) is 1.96. The summed E-state index contributed by atoms with van der Waals surface area (Å²) in [4.78, 5) is 11.9. The minimum absolute atomic E-state index is 0.0655. The number of benzene rings is 1. The molecule has 1 aromatic carbocycles. The van der Waals surface area contributed by atoms with Gasteiger partial charge in [0.05, 0.1) is 11.8 Å². The van der Waals surface area contributed by atoms with Crippen LogP contribution in [0.5, 0.6) is 0 Å². The number of carbonyl (C=O) groups excluding carboxylic acids is 1. The highest BCUT2D eigenvalue weighted by molar-refractivity contribution is 5.92. The number of aliphatic hydroxyl groups excluding tert-OH is 1. The first-order valence-electron chi connectivity index (χ1n) is 6.20. The molecule has 0 aliphatic heterocycles. The average Bonchev–Trinajstić information content (AvgIpc) is 2.75. The summed E-state index contributed by atoms with van der Waals surface area (Å²) < 4.78 is 14.9. The molecule has 5 nitrogen and oxygen atoms in total. The van der Waals surface area contributed by atoms with Gasteiger partial charge in [-0.1, -0.05) is 18.2 Å². The van der Waals surface area contributed by atoms with Crippen LogP contribution in [0.15, 0.2) is 30.3 Å². The summed E-state index contributed by atoms with van der Waals surface area (Å²) in [7, 11) is 1.66. The Hall–Kier alpha value is -2.21. The Bertz CT molecular complexity index is 625. The quantitative estimate of drug-likeness (QED) is 0.886. The maximum atomic E-state index is 13.5. The normalized spacial score (nSPS) is 12.2. The van der Waals surface area contributed by atoms with Crippen LogP contribution in [-0.4, -0.2) is 27.3 Å². The molecular formula is C14H16FN3O2. The number of hydrogen-bond donors (Lipinski definition) is 2. The van der Waals surface area contributed by atoms with Gasteiger partial charge in [0.2, 0.25) is 0 Å². The van der Waals surface area contributed by atoms with E-state index < -0.39 is 11.9 Å². The van der Waals surface area contributed by atoms with Crippen molar-refractivity contribution in [3.8, 4) is 0 Å². The van der Waals surface area contributed by atoms with Crippen LogP contribution < -0.4 is 5.32 Å². The summed E-state index contributed by atoms with van der Waals surface area (Å²) in [5, 5.41) is 16.5. The van der Waals surface area contributed by atoms with E-state index in [0.29, 0.717) is 5.69 Å². The van der Waals surface area contributed by atoms with Crippen LogP contribution in [0.3, 0.4) is 0 Å². The Morgan fingerprint density at radius 2 is 2.20 bits per heavy atom. The van der Waals surface area contributed by atoms with Crippen LogP contribution in [0.25, 0.3) is 0 Å². The van der Waals surface area contributed by atoms with Gasteiger partial charge in [-0.15, -0.1) is 0 Å². The zero-order valence-electron chi connectivity index (χ0n) is 11.3. The first kappa shape index (κ1) is 14.2. The highest BCUT2D eigenvalue weighted by Crippen LogP contribution is 2.15. The van der Waals surface area contributed by atoms with Crippen LogP contribution in [-0.2, 0) is 7.05 Å². The molecule has 0 aliphatic rings. The summed E-state index contributed by atoms with van der Waals surface area (Å²) in [5.74, 6) is -0.853. The third-order valence-corrected chi connectivity index (χ3v) is 2.95. The predicted molar refractivity (Wildman–Crippen MR) is 71.6 cm³/mol. The van der Waals surface area contributed by atoms with Crippen molar-refractivity contribution in [2.45, 2.75) is 13.0 Å². The van der Waals surface area contributed by atoms with Crippen molar-refractivity contribution in [3.05, 3.63) is 53.1 Å². The van der Waals surface area contributed by atoms with Gasteiger partial charge in [0.1, 0.15) is 11.5 Å². The van der Waals surface area contributed by atoms with E-state index in [9.17, 15) is 14.3 Å². The highest BCUT2D eigenvalue weighted by Gasteiger charge is 2.16. The van der Waals surface area contributed by atoms with Crippen LogP contribution in [0.4, 0.5) is 4.39 Å². The van der Waals surface area contributed by atoms with E-state index in [4.69, 9.17) is 0 Å². The van der Waals surface area contributed by atoms with Crippen molar-refractivity contribution in [3.63, 3.8) is 0 Å². The highest BCUT2D eigenvalue weighted by atomic mass is 19.1. The fourth-order valence-corrected chi connectivity index (χ4v) is 1.96. The fraction of sp³-hybridized carbons (Fsp3) is 0.286. The van der Waals surface area contributed by atoms with Gasteiger partial charge in [0.25, 0.3) is 5.91 Å². The maximum Gasteiger partial charge on any atom is 0.269 e. The van der Waals surface area contributed by atoms with E-state index in [-0.39, 0.29) is 18.0 Å². The first-order chi connectivity index (χ1) is 9.49. The number of halogens is 1. The molecular weight excluding hydrogens is 261 g/mol.